The van der Waals surface area contributed by atoms with Crippen molar-refractivity contribution in [3.05, 3.63) is 83.4 Å². The molecule has 0 saturated carbocycles. The molecule has 0 heterocycles. The molecule has 2 aromatic carbocycles. The van der Waals surface area contributed by atoms with Crippen LogP contribution in [0.1, 0.15) is 5.56 Å². The predicted molar refractivity (Wildman–Crippen MR) is 122 cm³/mol. The number of rotatable bonds is 5. The van der Waals surface area contributed by atoms with Crippen LogP contribution in [0.4, 0.5) is 21.0 Å². The van der Waals surface area contributed by atoms with Crippen LogP contribution in [0.5, 0.6) is 0 Å². The average molecular weight is 445 g/mol. The van der Waals surface area contributed by atoms with E-state index >= 15 is 0 Å². The standard InChI is InChI=1S/C15H17ClN2O3.C7H8N2O/c1-20-13-5-3-4-8-15(13,21-2)11-9-10(18-14(17)19)6-7-12(11)16;8-7(10)9-6-4-2-1-3-5-6/h3-9,13H,1-2H3,(H3,17,18,19);1-5H,(H3,8,9,10). The van der Waals surface area contributed by atoms with Crippen LogP contribution in [0.25, 0.3) is 0 Å². The Morgan fingerprint density at radius 3 is 2.19 bits per heavy atom. The molecule has 8 nitrogen and oxygen atoms in total. The van der Waals surface area contributed by atoms with Crippen LogP contribution >= 0.6 is 11.6 Å². The van der Waals surface area contributed by atoms with E-state index in [9.17, 15) is 9.59 Å². The van der Waals surface area contributed by atoms with Gasteiger partial charge in [0.15, 0.2) is 0 Å². The molecule has 0 bridgehead atoms. The number of amides is 4. The third-order valence-corrected chi connectivity index (χ3v) is 4.78. The Kier molecular flexibility index (Phi) is 8.63. The maximum atomic E-state index is 11.0. The fourth-order valence-corrected chi connectivity index (χ4v) is 3.37. The van der Waals surface area contributed by atoms with Gasteiger partial charge in [-0.15, -0.1) is 0 Å². The Bertz CT molecular complexity index is 965. The van der Waals surface area contributed by atoms with Gasteiger partial charge in [-0.25, -0.2) is 9.59 Å². The molecule has 4 amide bonds. The zero-order chi connectivity index (χ0) is 22.9. The highest BCUT2D eigenvalue weighted by molar-refractivity contribution is 6.31. The normalized spacial score (nSPS) is 19.1. The first-order chi connectivity index (χ1) is 14.8. The summed E-state index contributed by atoms with van der Waals surface area (Å²) in [6.45, 7) is 0. The average Bonchev–Trinajstić information content (AvgIpc) is 2.75. The van der Waals surface area contributed by atoms with Gasteiger partial charge in [0.2, 0.25) is 0 Å². The number of hydrogen-bond donors (Lipinski definition) is 4. The smallest absolute Gasteiger partial charge is 0.316 e. The van der Waals surface area contributed by atoms with E-state index in [1.165, 1.54) is 0 Å². The zero-order valence-corrected chi connectivity index (χ0v) is 17.9. The molecule has 0 saturated heterocycles. The first kappa shape index (κ1) is 23.9. The van der Waals surface area contributed by atoms with Gasteiger partial charge in [0.25, 0.3) is 0 Å². The molecule has 0 aromatic heterocycles. The number of carbonyl (C=O) groups is 2. The molecular formula is C22H25ClN4O4. The molecule has 3 rings (SSSR count). The highest BCUT2D eigenvalue weighted by atomic mass is 35.5. The molecule has 1 aliphatic rings. The highest BCUT2D eigenvalue weighted by Crippen LogP contribution is 2.40. The largest absolute Gasteiger partial charge is 0.374 e. The molecule has 164 valence electrons. The van der Waals surface area contributed by atoms with Crippen molar-refractivity contribution < 1.29 is 19.1 Å². The summed E-state index contributed by atoms with van der Waals surface area (Å²) in [6, 6.07) is 13.0. The number of carbonyl (C=O) groups excluding carboxylic acids is 2. The van der Waals surface area contributed by atoms with Crippen molar-refractivity contribution in [2.45, 2.75) is 11.7 Å². The van der Waals surface area contributed by atoms with Crippen LogP contribution in [0, 0.1) is 0 Å². The first-order valence-corrected chi connectivity index (χ1v) is 9.62. The van der Waals surface area contributed by atoms with E-state index < -0.39 is 17.7 Å². The number of urea groups is 2. The summed E-state index contributed by atoms with van der Waals surface area (Å²) in [7, 11) is 3.18. The van der Waals surface area contributed by atoms with Gasteiger partial charge < -0.3 is 31.6 Å². The van der Waals surface area contributed by atoms with Gasteiger partial charge in [0.1, 0.15) is 11.7 Å². The topological polar surface area (TPSA) is 129 Å². The second-order valence-electron chi connectivity index (χ2n) is 6.44. The fourth-order valence-electron chi connectivity index (χ4n) is 3.10. The van der Waals surface area contributed by atoms with Crippen molar-refractivity contribution in [3.63, 3.8) is 0 Å². The summed E-state index contributed by atoms with van der Waals surface area (Å²) in [5.41, 5.74) is 11.1. The van der Waals surface area contributed by atoms with E-state index in [1.54, 1.807) is 44.6 Å². The molecule has 2 unspecified atom stereocenters. The molecule has 1 aliphatic carbocycles. The monoisotopic (exact) mass is 444 g/mol. The van der Waals surface area contributed by atoms with E-state index in [0.717, 1.165) is 5.69 Å². The Morgan fingerprint density at radius 1 is 0.968 bits per heavy atom. The van der Waals surface area contributed by atoms with Gasteiger partial charge in [-0.05, 0) is 36.4 Å². The minimum atomic E-state index is -0.865. The zero-order valence-electron chi connectivity index (χ0n) is 17.2. The van der Waals surface area contributed by atoms with Crippen molar-refractivity contribution in [1.82, 2.24) is 0 Å². The molecular weight excluding hydrogens is 420 g/mol. The fraction of sp³-hybridized carbons (Fsp3) is 0.182. The molecule has 0 spiro atoms. The lowest BCUT2D eigenvalue weighted by Gasteiger charge is -2.37. The van der Waals surface area contributed by atoms with Crippen molar-refractivity contribution in [2.24, 2.45) is 11.5 Å². The molecule has 0 aliphatic heterocycles. The molecule has 6 N–H and O–H groups in total. The summed E-state index contributed by atoms with van der Waals surface area (Å²) in [5.74, 6) is 0. The van der Waals surface area contributed by atoms with Crippen LogP contribution in [0.15, 0.2) is 72.8 Å². The Morgan fingerprint density at radius 2 is 1.61 bits per heavy atom. The maximum Gasteiger partial charge on any atom is 0.316 e. The molecule has 0 fully saturated rings. The summed E-state index contributed by atoms with van der Waals surface area (Å²) in [5, 5.41) is 5.48. The van der Waals surface area contributed by atoms with E-state index in [2.05, 4.69) is 10.6 Å². The molecule has 31 heavy (non-hydrogen) atoms. The summed E-state index contributed by atoms with van der Waals surface area (Å²) >= 11 is 6.32. The maximum absolute atomic E-state index is 11.0. The van der Waals surface area contributed by atoms with Crippen LogP contribution < -0.4 is 22.1 Å². The molecule has 9 heteroatoms. The van der Waals surface area contributed by atoms with Gasteiger partial charge in [0.05, 0.1) is 0 Å². The molecule has 2 aromatic rings. The quantitative estimate of drug-likeness (QED) is 0.555. The number of ether oxygens (including phenoxy) is 2. The minimum absolute atomic E-state index is 0.339. The van der Waals surface area contributed by atoms with Crippen LogP contribution in [0.2, 0.25) is 5.02 Å². The number of nitrogens with one attached hydrogen (secondary N) is 2. The van der Waals surface area contributed by atoms with E-state index in [-0.39, 0.29) is 6.10 Å². The molecule has 0 radical (unpaired) electrons. The number of nitrogens with two attached hydrogens (primary N) is 2. The lowest BCUT2D eigenvalue weighted by Crippen LogP contribution is -2.41. The van der Waals surface area contributed by atoms with Crippen molar-refractivity contribution in [2.75, 3.05) is 24.9 Å². The van der Waals surface area contributed by atoms with E-state index in [4.69, 9.17) is 32.5 Å². The predicted octanol–water partition coefficient (Wildman–Crippen LogP) is 3.99. The number of benzene rings is 2. The number of primary amides is 2. The number of allylic oxidation sites excluding steroid dienone is 2. The Hall–Kier alpha value is -3.33. The number of para-hydroxylation sites is 1. The van der Waals surface area contributed by atoms with Gasteiger partial charge in [-0.1, -0.05) is 48.0 Å². The number of anilines is 2. The lowest BCUT2D eigenvalue weighted by atomic mass is 9.84. The van der Waals surface area contributed by atoms with Gasteiger partial charge in [-0.2, -0.15) is 0 Å². The second kappa shape index (κ2) is 11.2. The van der Waals surface area contributed by atoms with E-state index in [0.29, 0.717) is 16.3 Å². The first-order valence-electron chi connectivity index (χ1n) is 9.24. The summed E-state index contributed by atoms with van der Waals surface area (Å²) in [4.78, 5) is 21.3. The van der Waals surface area contributed by atoms with Gasteiger partial charge >= 0.3 is 12.1 Å². The second-order valence-corrected chi connectivity index (χ2v) is 6.84. The van der Waals surface area contributed by atoms with Crippen molar-refractivity contribution in [3.8, 4) is 0 Å². The van der Waals surface area contributed by atoms with E-state index in [1.807, 2.05) is 42.5 Å². The third kappa shape index (κ3) is 6.32. The SMILES string of the molecule is COC1C=CC=CC1(OC)c1cc(NC(N)=O)ccc1Cl.NC(=O)Nc1ccccc1. The summed E-state index contributed by atoms with van der Waals surface area (Å²) < 4.78 is 11.2. The Labute approximate surface area is 185 Å². The van der Waals surface area contributed by atoms with Gasteiger partial charge in [-0.3, -0.25) is 0 Å². The summed E-state index contributed by atoms with van der Waals surface area (Å²) in [6.07, 6.45) is 7.16. The van der Waals surface area contributed by atoms with Crippen molar-refractivity contribution >= 4 is 35.0 Å². The van der Waals surface area contributed by atoms with Crippen LogP contribution in [-0.4, -0.2) is 32.4 Å². The van der Waals surface area contributed by atoms with Gasteiger partial charge in [0, 0.05) is 36.2 Å². The Balaban J connectivity index is 0.000000285. The van der Waals surface area contributed by atoms with Crippen molar-refractivity contribution in [1.29, 1.82) is 0 Å². The number of halogens is 1. The van der Waals surface area contributed by atoms with Crippen LogP contribution in [0.3, 0.4) is 0 Å². The minimum Gasteiger partial charge on any atom is -0.374 e. The third-order valence-electron chi connectivity index (χ3n) is 4.45. The van der Waals surface area contributed by atoms with Crippen LogP contribution in [-0.2, 0) is 15.1 Å². The lowest BCUT2D eigenvalue weighted by molar-refractivity contribution is -0.0709. The molecule has 2 atom stereocenters. The number of methoxy groups -OCH3 is 2. The number of hydrogen-bond acceptors (Lipinski definition) is 4. The highest BCUT2D eigenvalue weighted by Gasteiger charge is 2.40.